The molecule has 1 aliphatic rings. The van der Waals surface area contributed by atoms with Gasteiger partial charge in [-0.2, -0.15) is 0 Å². The molecule has 3 aromatic rings. The van der Waals surface area contributed by atoms with Gasteiger partial charge in [0.15, 0.2) is 5.82 Å². The number of carboxylic acid groups (broad SMARTS) is 1. The van der Waals surface area contributed by atoms with Crippen molar-refractivity contribution < 1.29 is 19.0 Å². The summed E-state index contributed by atoms with van der Waals surface area (Å²) in [5, 5.41) is 22.8. The van der Waals surface area contributed by atoms with Crippen molar-refractivity contribution in [3.05, 3.63) is 47.8 Å². The molecular formula is C26H29FN4O3Si. The van der Waals surface area contributed by atoms with Gasteiger partial charge in [-0.1, -0.05) is 25.6 Å². The first-order chi connectivity index (χ1) is 16.6. The molecule has 1 saturated heterocycles. The van der Waals surface area contributed by atoms with E-state index in [2.05, 4.69) is 46.6 Å². The lowest BCUT2D eigenvalue weighted by molar-refractivity contribution is 0.133. The van der Waals surface area contributed by atoms with E-state index in [0.29, 0.717) is 41.1 Å². The quantitative estimate of drug-likeness (QED) is 0.383. The highest BCUT2D eigenvalue weighted by Gasteiger charge is 2.24. The first-order valence-electron chi connectivity index (χ1n) is 11.6. The summed E-state index contributed by atoms with van der Waals surface area (Å²) in [5.74, 6) is 3.89. The van der Waals surface area contributed by atoms with Crippen LogP contribution in [0, 0.1) is 17.3 Å². The molecule has 1 aliphatic heterocycles. The molecule has 1 atom stereocenters. The summed E-state index contributed by atoms with van der Waals surface area (Å²) in [6, 6.07) is 10.1. The highest BCUT2D eigenvalue weighted by molar-refractivity contribution is 6.83. The summed E-state index contributed by atoms with van der Waals surface area (Å²) < 4.78 is 19.9. The monoisotopic (exact) mass is 492 g/mol. The lowest BCUT2D eigenvalue weighted by Gasteiger charge is -2.31. The number of piperidine rings is 1. The van der Waals surface area contributed by atoms with E-state index in [1.54, 1.807) is 13.2 Å². The van der Waals surface area contributed by atoms with Crippen molar-refractivity contribution >= 4 is 30.8 Å². The van der Waals surface area contributed by atoms with Crippen LogP contribution < -0.4 is 10.1 Å². The van der Waals surface area contributed by atoms with E-state index in [0.717, 1.165) is 24.0 Å². The van der Waals surface area contributed by atoms with E-state index in [-0.39, 0.29) is 11.9 Å². The van der Waals surface area contributed by atoms with E-state index in [1.165, 1.54) is 17.0 Å². The number of anilines is 1. The molecule has 2 aromatic carbocycles. The Hall–Kier alpha value is -3.64. The molecule has 182 valence electrons. The van der Waals surface area contributed by atoms with Crippen LogP contribution in [0.25, 0.3) is 22.0 Å². The molecule has 1 fully saturated rings. The van der Waals surface area contributed by atoms with E-state index in [1.807, 2.05) is 18.2 Å². The Morgan fingerprint density at radius 1 is 1.20 bits per heavy atom. The molecule has 1 aromatic heterocycles. The zero-order valence-electron chi connectivity index (χ0n) is 20.4. The molecule has 9 heteroatoms. The van der Waals surface area contributed by atoms with Crippen LogP contribution in [0.1, 0.15) is 18.4 Å². The van der Waals surface area contributed by atoms with Crippen LogP contribution in [-0.4, -0.2) is 60.6 Å². The molecule has 0 saturated carbocycles. The molecule has 0 spiro atoms. The van der Waals surface area contributed by atoms with E-state index in [9.17, 15) is 14.3 Å². The van der Waals surface area contributed by atoms with Crippen molar-refractivity contribution in [2.45, 2.75) is 38.5 Å². The Morgan fingerprint density at radius 2 is 2.00 bits per heavy atom. The van der Waals surface area contributed by atoms with Crippen LogP contribution in [0.5, 0.6) is 5.75 Å². The van der Waals surface area contributed by atoms with Crippen molar-refractivity contribution in [3.8, 4) is 28.5 Å². The van der Waals surface area contributed by atoms with Crippen LogP contribution >= 0.6 is 0 Å². The smallest absolute Gasteiger partial charge is 0.407 e. The number of benzene rings is 2. The van der Waals surface area contributed by atoms with Crippen LogP contribution in [0.2, 0.25) is 19.6 Å². The molecule has 0 radical (unpaired) electrons. The number of methoxy groups -OCH3 is 1. The van der Waals surface area contributed by atoms with Crippen molar-refractivity contribution in [2.24, 2.45) is 0 Å². The molecule has 0 aliphatic carbocycles. The Labute approximate surface area is 205 Å². The van der Waals surface area contributed by atoms with Crippen LogP contribution in [0.4, 0.5) is 15.0 Å². The SMILES string of the molecule is COc1cc(C#C[Si](C)(C)C)ccc1-c1nnc(N[C@@H]2CCCN(C(=O)O)C2)c2cc(F)ccc12. The number of amides is 1. The minimum Gasteiger partial charge on any atom is -0.496 e. The zero-order chi connectivity index (χ0) is 25.2. The predicted molar refractivity (Wildman–Crippen MR) is 138 cm³/mol. The molecule has 0 unspecified atom stereocenters. The number of carbonyl (C=O) groups is 1. The van der Waals surface area contributed by atoms with Gasteiger partial charge >= 0.3 is 6.09 Å². The van der Waals surface area contributed by atoms with Crippen molar-refractivity contribution in [1.29, 1.82) is 0 Å². The molecule has 7 nitrogen and oxygen atoms in total. The first-order valence-corrected chi connectivity index (χ1v) is 15.1. The molecule has 2 N–H and O–H groups in total. The Morgan fingerprint density at radius 3 is 2.71 bits per heavy atom. The van der Waals surface area contributed by atoms with Gasteiger partial charge in [0.1, 0.15) is 25.3 Å². The summed E-state index contributed by atoms with van der Waals surface area (Å²) in [6.45, 7) is 7.41. The van der Waals surface area contributed by atoms with Gasteiger partial charge in [0.25, 0.3) is 0 Å². The molecule has 35 heavy (non-hydrogen) atoms. The minimum absolute atomic E-state index is 0.134. The first kappa shape index (κ1) is 24.5. The Bertz CT molecular complexity index is 1330. The third-order valence-electron chi connectivity index (χ3n) is 5.81. The number of rotatable bonds is 4. The van der Waals surface area contributed by atoms with Crippen LogP contribution in [0.15, 0.2) is 36.4 Å². The largest absolute Gasteiger partial charge is 0.496 e. The van der Waals surface area contributed by atoms with Crippen LogP contribution in [-0.2, 0) is 0 Å². The maximum absolute atomic E-state index is 14.3. The summed E-state index contributed by atoms with van der Waals surface area (Å²) in [6.07, 6.45) is 0.586. The Kier molecular flexibility index (Phi) is 6.94. The number of fused-ring (bicyclic) bond motifs is 1. The van der Waals surface area contributed by atoms with E-state index < -0.39 is 14.2 Å². The molecule has 0 bridgehead atoms. The number of hydrogen-bond acceptors (Lipinski definition) is 5. The van der Waals surface area contributed by atoms with Gasteiger partial charge in [-0.15, -0.1) is 15.7 Å². The number of aromatic nitrogens is 2. The van der Waals surface area contributed by atoms with Gasteiger partial charge in [-0.3, -0.25) is 0 Å². The van der Waals surface area contributed by atoms with Gasteiger partial charge in [-0.25, -0.2) is 9.18 Å². The zero-order valence-corrected chi connectivity index (χ0v) is 21.4. The van der Waals surface area contributed by atoms with E-state index >= 15 is 0 Å². The van der Waals surface area contributed by atoms with Crippen molar-refractivity contribution in [2.75, 3.05) is 25.5 Å². The highest BCUT2D eigenvalue weighted by Crippen LogP contribution is 2.36. The summed E-state index contributed by atoms with van der Waals surface area (Å²) >= 11 is 0. The summed E-state index contributed by atoms with van der Waals surface area (Å²) in [7, 11) is 0.0695. The predicted octanol–water partition coefficient (Wildman–Crippen LogP) is 5.23. The number of nitrogens with one attached hydrogen (secondary N) is 1. The average molecular weight is 493 g/mol. The van der Waals surface area contributed by atoms with Gasteiger partial charge in [0.2, 0.25) is 0 Å². The fourth-order valence-electron chi connectivity index (χ4n) is 4.12. The van der Waals surface area contributed by atoms with Crippen molar-refractivity contribution in [3.63, 3.8) is 0 Å². The number of ether oxygens (including phenoxy) is 1. The summed E-state index contributed by atoms with van der Waals surface area (Å²) in [4.78, 5) is 12.8. The second-order valence-electron chi connectivity index (χ2n) is 9.71. The average Bonchev–Trinajstić information content (AvgIpc) is 2.82. The molecule has 1 amide bonds. The van der Waals surface area contributed by atoms with E-state index in [4.69, 9.17) is 4.74 Å². The lowest BCUT2D eigenvalue weighted by Crippen LogP contribution is -2.44. The van der Waals surface area contributed by atoms with Gasteiger partial charge in [0, 0.05) is 41.0 Å². The highest BCUT2D eigenvalue weighted by atomic mass is 28.3. The standard InChI is InChI=1S/C26H29FN4O3Si/c1-34-23-14-17(11-13-35(2,3)4)7-9-21(23)24-20-10-8-18(27)15-22(20)25(30-29-24)28-19-6-5-12-31(16-19)26(32)33/h7-10,14-15,19H,5-6,12,16H2,1-4H3,(H,28,30)(H,32,33)/t19-/m1/s1. The summed E-state index contributed by atoms with van der Waals surface area (Å²) in [5.41, 5.74) is 5.52. The van der Waals surface area contributed by atoms with Gasteiger partial charge < -0.3 is 20.1 Å². The number of nitrogens with zero attached hydrogens (tertiary/aromatic N) is 3. The number of hydrogen-bond donors (Lipinski definition) is 2. The molecular weight excluding hydrogens is 463 g/mol. The molecule has 4 rings (SSSR count). The maximum atomic E-state index is 14.3. The Balaban J connectivity index is 1.73. The third kappa shape index (κ3) is 5.71. The maximum Gasteiger partial charge on any atom is 0.407 e. The van der Waals surface area contributed by atoms with Crippen LogP contribution in [0.3, 0.4) is 0 Å². The second-order valence-corrected chi connectivity index (χ2v) is 14.5. The fourth-order valence-corrected chi connectivity index (χ4v) is 4.64. The van der Waals surface area contributed by atoms with Gasteiger partial charge in [0.05, 0.1) is 7.11 Å². The van der Waals surface area contributed by atoms with Gasteiger partial charge in [-0.05, 0) is 49.2 Å². The molecule has 2 heterocycles. The van der Waals surface area contributed by atoms with Crippen molar-refractivity contribution in [1.82, 2.24) is 15.1 Å². The number of likely N-dealkylation sites (tertiary alicyclic amines) is 1. The minimum atomic E-state index is -1.52. The second kappa shape index (κ2) is 9.92. The number of halogens is 1. The topological polar surface area (TPSA) is 87.6 Å². The normalized spacial score (nSPS) is 15.9. The third-order valence-corrected chi connectivity index (χ3v) is 6.69. The fraction of sp³-hybridized carbons (Fsp3) is 0.346. The lowest BCUT2D eigenvalue weighted by atomic mass is 10.0.